The molecule has 2 aromatic rings. The SMILES string of the molecule is COc1ccccc1NC(=O)Cn1c(C#N)cc(N)c1CCC(C)C. The van der Waals surface area contributed by atoms with Crippen LogP contribution in [-0.2, 0) is 17.8 Å². The molecule has 0 spiro atoms. The van der Waals surface area contributed by atoms with Crippen LogP contribution in [0.4, 0.5) is 11.4 Å². The predicted octanol–water partition coefficient (Wildman–Crippen LogP) is 3.18. The number of carbonyl (C=O) groups is 1. The summed E-state index contributed by atoms with van der Waals surface area (Å²) in [4.78, 5) is 12.5. The van der Waals surface area contributed by atoms with E-state index in [1.807, 2.05) is 12.1 Å². The number of nitrogens with zero attached hydrogens (tertiary/aromatic N) is 2. The Kier molecular flexibility index (Phi) is 6.07. The fourth-order valence-corrected chi connectivity index (χ4v) is 2.67. The quantitative estimate of drug-likeness (QED) is 0.809. The van der Waals surface area contributed by atoms with Gasteiger partial charge in [0, 0.05) is 5.69 Å². The maximum absolute atomic E-state index is 12.5. The monoisotopic (exact) mass is 340 g/mol. The highest BCUT2D eigenvalue weighted by Crippen LogP contribution is 2.24. The van der Waals surface area contributed by atoms with Crippen LogP contribution in [0.2, 0.25) is 0 Å². The van der Waals surface area contributed by atoms with E-state index in [0.29, 0.717) is 28.7 Å². The predicted molar refractivity (Wildman–Crippen MR) is 98.3 cm³/mol. The smallest absolute Gasteiger partial charge is 0.244 e. The lowest BCUT2D eigenvalue weighted by atomic mass is 10.1. The van der Waals surface area contributed by atoms with Crippen molar-refractivity contribution in [3.63, 3.8) is 0 Å². The summed E-state index contributed by atoms with van der Waals surface area (Å²) < 4.78 is 6.94. The molecule has 3 N–H and O–H groups in total. The number of nitrogens with one attached hydrogen (secondary N) is 1. The highest BCUT2D eigenvalue weighted by Gasteiger charge is 2.17. The third kappa shape index (κ3) is 4.54. The van der Waals surface area contributed by atoms with E-state index in [9.17, 15) is 10.1 Å². The van der Waals surface area contributed by atoms with Gasteiger partial charge in [-0.2, -0.15) is 5.26 Å². The summed E-state index contributed by atoms with van der Waals surface area (Å²) in [5.74, 6) is 0.862. The van der Waals surface area contributed by atoms with Crippen molar-refractivity contribution in [3.8, 4) is 11.8 Å². The van der Waals surface area contributed by atoms with Gasteiger partial charge in [0.1, 0.15) is 24.1 Å². The summed E-state index contributed by atoms with van der Waals surface area (Å²) >= 11 is 0. The standard InChI is InChI=1S/C19H24N4O2/c1-13(2)8-9-17-15(21)10-14(11-20)23(17)12-19(24)22-16-6-4-5-7-18(16)25-3/h4-7,10,13H,8-9,12,21H2,1-3H3,(H,22,24). The number of nitrogens with two attached hydrogens (primary N) is 1. The molecule has 132 valence electrons. The first-order valence-corrected chi connectivity index (χ1v) is 8.27. The van der Waals surface area contributed by atoms with Crippen molar-refractivity contribution in [3.05, 3.63) is 41.7 Å². The Morgan fingerprint density at radius 1 is 1.40 bits per heavy atom. The highest BCUT2D eigenvalue weighted by molar-refractivity contribution is 5.92. The molecule has 25 heavy (non-hydrogen) atoms. The van der Waals surface area contributed by atoms with E-state index in [1.54, 1.807) is 29.9 Å². The number of benzene rings is 1. The number of nitriles is 1. The summed E-state index contributed by atoms with van der Waals surface area (Å²) in [6.45, 7) is 4.29. The average Bonchev–Trinajstić information content (AvgIpc) is 2.88. The summed E-state index contributed by atoms with van der Waals surface area (Å²) in [5.41, 5.74) is 8.44. The van der Waals surface area contributed by atoms with Crippen molar-refractivity contribution in [2.75, 3.05) is 18.2 Å². The van der Waals surface area contributed by atoms with Gasteiger partial charge >= 0.3 is 0 Å². The third-order valence-corrected chi connectivity index (χ3v) is 4.00. The number of aromatic nitrogens is 1. The number of amides is 1. The van der Waals surface area contributed by atoms with Crippen LogP contribution in [0.3, 0.4) is 0 Å². The molecule has 1 aromatic heterocycles. The lowest BCUT2D eigenvalue weighted by molar-refractivity contribution is -0.116. The number of hydrogen-bond donors (Lipinski definition) is 2. The fraction of sp³-hybridized carbons (Fsp3) is 0.368. The second-order valence-electron chi connectivity index (χ2n) is 6.31. The van der Waals surface area contributed by atoms with Crippen LogP contribution in [0.1, 0.15) is 31.7 Å². The van der Waals surface area contributed by atoms with Crippen molar-refractivity contribution >= 4 is 17.3 Å². The van der Waals surface area contributed by atoms with E-state index >= 15 is 0 Å². The Labute approximate surface area is 148 Å². The Bertz CT molecular complexity index is 787. The van der Waals surface area contributed by atoms with Gasteiger partial charge in [0.15, 0.2) is 0 Å². The molecule has 0 aliphatic carbocycles. The van der Waals surface area contributed by atoms with Crippen LogP contribution >= 0.6 is 0 Å². The minimum atomic E-state index is -0.234. The lowest BCUT2D eigenvalue weighted by Crippen LogP contribution is -2.21. The minimum absolute atomic E-state index is 0.0333. The zero-order valence-electron chi connectivity index (χ0n) is 14.9. The Hall–Kier alpha value is -2.94. The number of hydrogen-bond acceptors (Lipinski definition) is 4. The van der Waals surface area contributed by atoms with Crippen molar-refractivity contribution in [1.29, 1.82) is 5.26 Å². The number of carbonyl (C=O) groups excluding carboxylic acids is 1. The van der Waals surface area contributed by atoms with Gasteiger partial charge in [0.25, 0.3) is 0 Å². The van der Waals surface area contributed by atoms with Crippen molar-refractivity contribution in [2.24, 2.45) is 5.92 Å². The van der Waals surface area contributed by atoms with Gasteiger partial charge in [-0.15, -0.1) is 0 Å². The second kappa shape index (κ2) is 8.25. The number of ether oxygens (including phenoxy) is 1. The number of nitrogen functional groups attached to an aromatic ring is 1. The molecule has 0 saturated heterocycles. The molecule has 0 aliphatic heterocycles. The van der Waals surface area contributed by atoms with Crippen molar-refractivity contribution < 1.29 is 9.53 Å². The fourth-order valence-electron chi connectivity index (χ4n) is 2.67. The molecule has 1 heterocycles. The molecule has 1 aromatic carbocycles. The van der Waals surface area contributed by atoms with Crippen molar-refractivity contribution in [1.82, 2.24) is 4.57 Å². The van der Waals surface area contributed by atoms with E-state index in [0.717, 1.165) is 18.5 Å². The van der Waals surface area contributed by atoms with Gasteiger partial charge in [-0.25, -0.2) is 0 Å². The molecular formula is C19H24N4O2. The Morgan fingerprint density at radius 2 is 2.12 bits per heavy atom. The summed E-state index contributed by atoms with van der Waals surface area (Å²) in [6.07, 6.45) is 1.67. The molecule has 0 bridgehead atoms. The molecule has 0 atom stereocenters. The van der Waals surface area contributed by atoms with Crippen LogP contribution in [0, 0.1) is 17.2 Å². The van der Waals surface area contributed by atoms with Gasteiger partial charge < -0.3 is 20.4 Å². The molecule has 1 amide bonds. The van der Waals surface area contributed by atoms with Gasteiger partial charge in [-0.3, -0.25) is 4.79 Å². The summed E-state index contributed by atoms with van der Waals surface area (Å²) in [6, 6.07) is 10.9. The minimum Gasteiger partial charge on any atom is -0.495 e. The largest absolute Gasteiger partial charge is 0.495 e. The van der Waals surface area contributed by atoms with Crippen molar-refractivity contribution in [2.45, 2.75) is 33.2 Å². The Morgan fingerprint density at radius 3 is 2.76 bits per heavy atom. The van der Waals surface area contributed by atoms with Gasteiger partial charge in [-0.05, 0) is 37.0 Å². The van der Waals surface area contributed by atoms with Crippen LogP contribution < -0.4 is 15.8 Å². The van der Waals surface area contributed by atoms with Crippen LogP contribution in [0.25, 0.3) is 0 Å². The second-order valence-corrected chi connectivity index (χ2v) is 6.31. The average molecular weight is 340 g/mol. The molecule has 6 nitrogen and oxygen atoms in total. The maximum Gasteiger partial charge on any atom is 0.244 e. The zero-order valence-corrected chi connectivity index (χ0v) is 14.9. The Balaban J connectivity index is 2.21. The molecule has 0 radical (unpaired) electrons. The number of anilines is 2. The first-order valence-electron chi connectivity index (χ1n) is 8.27. The van der Waals surface area contributed by atoms with E-state index in [1.165, 1.54) is 0 Å². The first-order chi connectivity index (χ1) is 12.0. The molecule has 0 unspecified atom stereocenters. The molecule has 0 saturated carbocycles. The van der Waals surface area contributed by atoms with Crippen LogP contribution in [0.5, 0.6) is 5.75 Å². The topological polar surface area (TPSA) is 93.1 Å². The molecule has 2 rings (SSSR count). The van der Waals surface area contributed by atoms with Crippen LogP contribution in [-0.4, -0.2) is 17.6 Å². The van der Waals surface area contributed by atoms with Gasteiger partial charge in [0.05, 0.1) is 18.5 Å². The normalized spacial score (nSPS) is 10.5. The number of methoxy groups -OCH3 is 1. The molecular weight excluding hydrogens is 316 g/mol. The van der Waals surface area contributed by atoms with E-state index in [4.69, 9.17) is 10.5 Å². The van der Waals surface area contributed by atoms with Gasteiger partial charge in [-0.1, -0.05) is 26.0 Å². The van der Waals surface area contributed by atoms with Gasteiger partial charge in [0.2, 0.25) is 5.91 Å². The van der Waals surface area contributed by atoms with E-state index in [2.05, 4.69) is 25.2 Å². The maximum atomic E-state index is 12.5. The van der Waals surface area contributed by atoms with Crippen LogP contribution in [0.15, 0.2) is 30.3 Å². The molecule has 6 heteroatoms. The number of rotatable bonds is 7. The number of para-hydroxylation sites is 2. The lowest BCUT2D eigenvalue weighted by Gasteiger charge is -2.14. The molecule has 0 aliphatic rings. The van der Waals surface area contributed by atoms with E-state index in [-0.39, 0.29) is 12.5 Å². The zero-order chi connectivity index (χ0) is 18.4. The summed E-state index contributed by atoms with van der Waals surface area (Å²) in [5, 5.41) is 12.2. The highest BCUT2D eigenvalue weighted by atomic mass is 16.5. The third-order valence-electron chi connectivity index (χ3n) is 4.00. The van der Waals surface area contributed by atoms with E-state index < -0.39 is 0 Å². The summed E-state index contributed by atoms with van der Waals surface area (Å²) in [7, 11) is 1.55. The molecule has 0 fully saturated rings. The first kappa shape index (κ1) is 18.4.